The molecule has 132 valence electrons. The minimum absolute atomic E-state index is 0.0271. The number of amides is 2. The Hall–Kier alpha value is -2.83. The normalized spacial score (nSPS) is 10.4. The molecule has 0 heterocycles. The Bertz CT molecular complexity index is 760. The molecule has 0 fully saturated rings. The first-order chi connectivity index (χ1) is 11.9. The van der Waals surface area contributed by atoms with Crippen molar-refractivity contribution in [2.24, 2.45) is 0 Å². The third-order valence-electron chi connectivity index (χ3n) is 3.55. The number of hydrogen-bond acceptors (Lipinski definition) is 2. The van der Waals surface area contributed by atoms with Crippen LogP contribution in [0.1, 0.15) is 12.5 Å². The van der Waals surface area contributed by atoms with Crippen molar-refractivity contribution >= 4 is 17.5 Å². The van der Waals surface area contributed by atoms with Crippen molar-refractivity contribution in [2.45, 2.75) is 13.3 Å². The molecule has 0 atom stereocenters. The van der Waals surface area contributed by atoms with E-state index in [1.54, 1.807) is 6.07 Å². The molecule has 4 nitrogen and oxygen atoms in total. The lowest BCUT2D eigenvalue weighted by atomic mass is 10.1. The lowest BCUT2D eigenvalue weighted by molar-refractivity contribution is -0.121. The van der Waals surface area contributed by atoms with Crippen molar-refractivity contribution in [2.75, 3.05) is 18.0 Å². The zero-order valence-corrected chi connectivity index (χ0v) is 13.6. The monoisotopic (exact) mass is 350 g/mol. The first-order valence-corrected chi connectivity index (χ1v) is 7.62. The number of benzene rings is 2. The van der Waals surface area contributed by atoms with Crippen LogP contribution in [0.2, 0.25) is 0 Å². The minimum Gasteiger partial charge on any atom is -0.354 e. The summed E-state index contributed by atoms with van der Waals surface area (Å²) < 4.78 is 41.1. The third kappa shape index (κ3) is 4.82. The number of rotatable bonds is 6. The van der Waals surface area contributed by atoms with Crippen LogP contribution < -0.4 is 10.2 Å². The molecule has 2 aromatic carbocycles. The maximum atomic E-state index is 13.8. The van der Waals surface area contributed by atoms with Crippen LogP contribution in [-0.2, 0) is 16.0 Å². The van der Waals surface area contributed by atoms with Crippen molar-refractivity contribution in [3.63, 3.8) is 0 Å². The second-order valence-corrected chi connectivity index (χ2v) is 5.36. The van der Waals surface area contributed by atoms with E-state index in [1.165, 1.54) is 31.2 Å². The Morgan fingerprint density at radius 3 is 2.16 bits per heavy atom. The van der Waals surface area contributed by atoms with Crippen LogP contribution in [-0.4, -0.2) is 24.9 Å². The summed E-state index contributed by atoms with van der Waals surface area (Å²) in [4.78, 5) is 24.5. The molecule has 25 heavy (non-hydrogen) atoms. The van der Waals surface area contributed by atoms with Gasteiger partial charge in [0.15, 0.2) is 0 Å². The second kappa shape index (κ2) is 8.32. The summed E-state index contributed by atoms with van der Waals surface area (Å²) in [5.74, 6) is -3.24. The van der Waals surface area contributed by atoms with Crippen LogP contribution in [0.5, 0.6) is 0 Å². The lowest BCUT2D eigenvalue weighted by Crippen LogP contribution is -2.39. The van der Waals surface area contributed by atoms with Crippen LogP contribution in [0.4, 0.5) is 18.9 Å². The van der Waals surface area contributed by atoms with Crippen LogP contribution in [0, 0.1) is 17.5 Å². The summed E-state index contributed by atoms with van der Waals surface area (Å²) in [7, 11) is 0. The molecule has 2 aromatic rings. The fourth-order valence-corrected chi connectivity index (χ4v) is 2.36. The molecule has 0 aliphatic carbocycles. The highest BCUT2D eigenvalue weighted by atomic mass is 19.1. The number of hydrogen-bond donors (Lipinski definition) is 1. The topological polar surface area (TPSA) is 49.4 Å². The van der Waals surface area contributed by atoms with E-state index in [-0.39, 0.29) is 25.1 Å². The average molecular weight is 350 g/mol. The Balaban J connectivity index is 1.97. The number of nitrogens with zero attached hydrogens (tertiary/aromatic N) is 1. The molecule has 1 N–H and O–H groups in total. The van der Waals surface area contributed by atoms with Gasteiger partial charge in [-0.1, -0.05) is 24.3 Å². The molecule has 0 saturated heterocycles. The van der Waals surface area contributed by atoms with Gasteiger partial charge in [-0.05, 0) is 23.8 Å². The van der Waals surface area contributed by atoms with Crippen molar-refractivity contribution in [3.05, 3.63) is 65.5 Å². The molecule has 0 spiro atoms. The Kier molecular flexibility index (Phi) is 6.16. The van der Waals surface area contributed by atoms with E-state index in [9.17, 15) is 22.8 Å². The van der Waals surface area contributed by atoms with Gasteiger partial charge >= 0.3 is 0 Å². The van der Waals surface area contributed by atoms with Crippen molar-refractivity contribution in [3.8, 4) is 0 Å². The second-order valence-electron chi connectivity index (χ2n) is 5.36. The molecule has 0 aliphatic heterocycles. The number of carbonyl (C=O) groups is 2. The summed E-state index contributed by atoms with van der Waals surface area (Å²) in [5, 5.41) is 2.51. The number of carbonyl (C=O) groups excluding carboxylic acids is 2. The highest BCUT2D eigenvalue weighted by molar-refractivity contribution is 5.91. The summed E-state index contributed by atoms with van der Waals surface area (Å²) in [6, 6.07) is 9.17. The van der Waals surface area contributed by atoms with Gasteiger partial charge in [-0.25, -0.2) is 13.2 Å². The molecule has 0 radical (unpaired) electrons. The molecule has 0 aromatic heterocycles. The van der Waals surface area contributed by atoms with Crippen LogP contribution in [0.15, 0.2) is 42.5 Å². The van der Waals surface area contributed by atoms with E-state index in [0.717, 1.165) is 17.0 Å². The largest absolute Gasteiger partial charge is 0.354 e. The molecule has 2 amide bonds. The van der Waals surface area contributed by atoms with Crippen molar-refractivity contribution in [1.29, 1.82) is 0 Å². The molecule has 0 saturated carbocycles. The SMILES string of the molecule is CC(=O)N(CCNC(=O)Cc1ccccc1F)c1c(F)cccc1F. The third-order valence-corrected chi connectivity index (χ3v) is 3.55. The molecule has 0 aliphatic rings. The Morgan fingerprint density at radius 1 is 0.960 bits per heavy atom. The van der Waals surface area contributed by atoms with Crippen LogP contribution in [0.25, 0.3) is 0 Å². The smallest absolute Gasteiger partial charge is 0.224 e. The Labute approximate surface area is 143 Å². The molecule has 0 unspecified atom stereocenters. The van der Waals surface area contributed by atoms with E-state index < -0.39 is 35.0 Å². The average Bonchev–Trinajstić information content (AvgIpc) is 2.55. The molecule has 2 rings (SSSR count). The number of anilines is 1. The van der Waals surface area contributed by atoms with E-state index in [2.05, 4.69) is 5.32 Å². The van der Waals surface area contributed by atoms with Gasteiger partial charge in [0.25, 0.3) is 0 Å². The maximum Gasteiger partial charge on any atom is 0.224 e. The van der Waals surface area contributed by atoms with Gasteiger partial charge in [0, 0.05) is 20.0 Å². The quantitative estimate of drug-likeness (QED) is 0.871. The van der Waals surface area contributed by atoms with Crippen molar-refractivity contribution in [1.82, 2.24) is 5.32 Å². The first kappa shape index (κ1) is 18.5. The molecule has 0 bridgehead atoms. The predicted molar refractivity (Wildman–Crippen MR) is 87.5 cm³/mol. The molecular formula is C18H17F3N2O2. The van der Waals surface area contributed by atoms with Gasteiger partial charge in [0.1, 0.15) is 23.1 Å². The van der Waals surface area contributed by atoms with E-state index in [4.69, 9.17) is 0 Å². The summed E-state index contributed by atoms with van der Waals surface area (Å²) in [6.45, 7) is 1.03. The Morgan fingerprint density at radius 2 is 1.56 bits per heavy atom. The zero-order chi connectivity index (χ0) is 18.4. The summed E-state index contributed by atoms with van der Waals surface area (Å²) in [5.41, 5.74) is -0.220. The highest BCUT2D eigenvalue weighted by Crippen LogP contribution is 2.23. The lowest BCUT2D eigenvalue weighted by Gasteiger charge is -2.22. The van der Waals surface area contributed by atoms with E-state index >= 15 is 0 Å². The highest BCUT2D eigenvalue weighted by Gasteiger charge is 2.20. The van der Waals surface area contributed by atoms with E-state index in [0.29, 0.717) is 0 Å². The van der Waals surface area contributed by atoms with Gasteiger partial charge in [0.2, 0.25) is 11.8 Å². The van der Waals surface area contributed by atoms with E-state index in [1.807, 2.05) is 0 Å². The number of nitrogens with one attached hydrogen (secondary N) is 1. The first-order valence-electron chi connectivity index (χ1n) is 7.62. The van der Waals surface area contributed by atoms with Crippen LogP contribution >= 0.6 is 0 Å². The van der Waals surface area contributed by atoms with Gasteiger partial charge in [0.05, 0.1) is 6.42 Å². The van der Waals surface area contributed by atoms with Crippen LogP contribution in [0.3, 0.4) is 0 Å². The van der Waals surface area contributed by atoms with Gasteiger partial charge in [-0.3, -0.25) is 9.59 Å². The molecular weight excluding hydrogens is 333 g/mol. The number of para-hydroxylation sites is 1. The van der Waals surface area contributed by atoms with Gasteiger partial charge in [-0.2, -0.15) is 0 Å². The fourth-order valence-electron chi connectivity index (χ4n) is 2.36. The standard InChI is InChI=1S/C18H17F3N2O2/c1-12(24)23(18-15(20)7-4-8-16(18)21)10-9-22-17(25)11-13-5-2-3-6-14(13)19/h2-8H,9-11H2,1H3,(H,22,25). The number of halogens is 3. The summed E-state index contributed by atoms with van der Waals surface area (Å²) in [6.07, 6.45) is -0.166. The van der Waals surface area contributed by atoms with Gasteiger partial charge < -0.3 is 10.2 Å². The maximum absolute atomic E-state index is 13.8. The molecule has 7 heteroatoms. The zero-order valence-electron chi connectivity index (χ0n) is 13.6. The minimum atomic E-state index is -0.868. The predicted octanol–water partition coefficient (Wildman–Crippen LogP) is 2.82. The fraction of sp³-hybridized carbons (Fsp3) is 0.222. The van der Waals surface area contributed by atoms with Crippen molar-refractivity contribution < 1.29 is 22.8 Å². The summed E-state index contributed by atoms with van der Waals surface area (Å²) >= 11 is 0. The van der Waals surface area contributed by atoms with Gasteiger partial charge in [-0.15, -0.1) is 0 Å².